The van der Waals surface area contributed by atoms with E-state index in [1.165, 1.54) is 25.7 Å². The third-order valence-corrected chi connectivity index (χ3v) is 3.34. The minimum absolute atomic E-state index is 0.0555. The van der Waals surface area contributed by atoms with Crippen LogP contribution in [0.5, 0.6) is 0 Å². The van der Waals surface area contributed by atoms with Gasteiger partial charge in [-0.15, -0.1) is 0 Å². The van der Waals surface area contributed by atoms with Crippen LogP contribution in [0, 0.1) is 6.92 Å². The van der Waals surface area contributed by atoms with E-state index in [4.69, 9.17) is 0 Å². The lowest BCUT2D eigenvalue weighted by Crippen LogP contribution is -2.34. The van der Waals surface area contributed by atoms with E-state index in [2.05, 4.69) is 15.3 Å². The molecule has 1 N–H and O–H groups in total. The molecule has 0 aromatic carbocycles. The molecule has 0 unspecified atom stereocenters. The Labute approximate surface area is 108 Å². The van der Waals surface area contributed by atoms with Gasteiger partial charge in [0, 0.05) is 13.1 Å². The van der Waals surface area contributed by atoms with E-state index in [-0.39, 0.29) is 5.91 Å². The molecule has 2 heterocycles. The van der Waals surface area contributed by atoms with Crippen LogP contribution in [0.3, 0.4) is 0 Å². The van der Waals surface area contributed by atoms with Gasteiger partial charge in [-0.2, -0.15) is 5.10 Å². The first-order valence-electron chi connectivity index (χ1n) is 6.68. The largest absolute Gasteiger partial charge is 0.310 e. The molecule has 1 saturated heterocycles. The van der Waals surface area contributed by atoms with Gasteiger partial charge in [0.1, 0.15) is 5.82 Å². The molecule has 18 heavy (non-hydrogen) atoms. The zero-order valence-electron chi connectivity index (χ0n) is 11.3. The SMILES string of the molecule is Cc1cc(NC(=O)CN2CCCCCC2)n(C)n1. The van der Waals surface area contributed by atoms with Crippen molar-refractivity contribution in [2.24, 2.45) is 7.05 Å². The van der Waals surface area contributed by atoms with Gasteiger partial charge in [-0.25, -0.2) is 0 Å². The molecule has 1 aliphatic heterocycles. The minimum Gasteiger partial charge on any atom is -0.310 e. The number of amides is 1. The summed E-state index contributed by atoms with van der Waals surface area (Å²) >= 11 is 0. The summed E-state index contributed by atoms with van der Waals surface area (Å²) in [6, 6.07) is 1.89. The maximum atomic E-state index is 12.0. The molecule has 5 nitrogen and oxygen atoms in total. The summed E-state index contributed by atoms with van der Waals surface area (Å²) in [5.74, 6) is 0.826. The normalized spacial score (nSPS) is 17.4. The molecule has 1 aromatic heterocycles. The van der Waals surface area contributed by atoms with E-state index in [9.17, 15) is 4.79 Å². The predicted molar refractivity (Wildman–Crippen MR) is 71.5 cm³/mol. The third-order valence-electron chi connectivity index (χ3n) is 3.34. The molecule has 100 valence electrons. The number of hydrogen-bond donors (Lipinski definition) is 1. The van der Waals surface area contributed by atoms with Crippen LogP contribution in [0.1, 0.15) is 31.4 Å². The zero-order chi connectivity index (χ0) is 13.0. The molecule has 2 rings (SSSR count). The molecule has 1 fully saturated rings. The van der Waals surface area contributed by atoms with Crippen molar-refractivity contribution < 1.29 is 4.79 Å². The van der Waals surface area contributed by atoms with Gasteiger partial charge in [-0.05, 0) is 32.9 Å². The first-order chi connectivity index (χ1) is 8.65. The summed E-state index contributed by atoms with van der Waals surface area (Å²) in [6.45, 7) is 4.49. The molecule has 1 aromatic rings. The molecule has 0 atom stereocenters. The number of carbonyl (C=O) groups is 1. The fourth-order valence-electron chi connectivity index (χ4n) is 2.41. The average Bonchev–Trinajstić information content (AvgIpc) is 2.54. The molecule has 0 aliphatic carbocycles. The number of aryl methyl sites for hydroxylation is 2. The number of rotatable bonds is 3. The van der Waals surface area contributed by atoms with Gasteiger partial charge in [-0.3, -0.25) is 14.4 Å². The highest BCUT2D eigenvalue weighted by atomic mass is 16.2. The number of likely N-dealkylation sites (tertiary alicyclic amines) is 1. The van der Waals surface area contributed by atoms with Crippen LogP contribution in [-0.2, 0) is 11.8 Å². The van der Waals surface area contributed by atoms with Gasteiger partial charge in [0.2, 0.25) is 5.91 Å². The monoisotopic (exact) mass is 250 g/mol. The van der Waals surface area contributed by atoms with Gasteiger partial charge >= 0.3 is 0 Å². The maximum Gasteiger partial charge on any atom is 0.239 e. The first-order valence-corrected chi connectivity index (χ1v) is 6.68. The standard InChI is InChI=1S/C13H22N4O/c1-11-9-12(16(2)15-11)14-13(18)10-17-7-5-3-4-6-8-17/h9H,3-8,10H2,1-2H3,(H,14,18). The lowest BCUT2D eigenvalue weighted by Gasteiger charge is -2.18. The van der Waals surface area contributed by atoms with E-state index in [0.29, 0.717) is 6.54 Å². The van der Waals surface area contributed by atoms with Crippen molar-refractivity contribution >= 4 is 11.7 Å². The highest BCUT2D eigenvalue weighted by Gasteiger charge is 2.14. The second-order valence-electron chi connectivity index (χ2n) is 5.03. The molecule has 1 amide bonds. The number of anilines is 1. The van der Waals surface area contributed by atoms with Crippen molar-refractivity contribution in [3.8, 4) is 0 Å². The fourth-order valence-corrected chi connectivity index (χ4v) is 2.41. The highest BCUT2D eigenvalue weighted by Crippen LogP contribution is 2.11. The summed E-state index contributed by atoms with van der Waals surface area (Å²) in [4.78, 5) is 14.2. The van der Waals surface area contributed by atoms with Crippen molar-refractivity contribution in [2.45, 2.75) is 32.6 Å². The van der Waals surface area contributed by atoms with Gasteiger partial charge in [0.05, 0.1) is 12.2 Å². The molecule has 0 saturated carbocycles. The van der Waals surface area contributed by atoms with Crippen LogP contribution >= 0.6 is 0 Å². The summed E-state index contributed by atoms with van der Waals surface area (Å²) in [5.41, 5.74) is 0.919. The van der Waals surface area contributed by atoms with Gasteiger partial charge < -0.3 is 5.32 Å². The van der Waals surface area contributed by atoms with Crippen LogP contribution < -0.4 is 5.32 Å². The summed E-state index contributed by atoms with van der Waals surface area (Å²) in [5, 5.41) is 7.13. The number of hydrogen-bond acceptors (Lipinski definition) is 3. The van der Waals surface area contributed by atoms with Crippen LogP contribution in [0.4, 0.5) is 5.82 Å². The van der Waals surface area contributed by atoms with Crippen LogP contribution in [0.25, 0.3) is 0 Å². The maximum absolute atomic E-state index is 12.0. The Kier molecular flexibility index (Phi) is 4.36. The Morgan fingerprint density at radius 1 is 1.33 bits per heavy atom. The van der Waals surface area contributed by atoms with E-state index in [1.54, 1.807) is 4.68 Å². The Balaban J connectivity index is 1.86. The van der Waals surface area contributed by atoms with Crippen molar-refractivity contribution in [2.75, 3.05) is 25.0 Å². The Bertz CT molecular complexity index is 405. The van der Waals surface area contributed by atoms with Crippen LogP contribution in [0.2, 0.25) is 0 Å². The van der Waals surface area contributed by atoms with E-state index in [0.717, 1.165) is 24.6 Å². The van der Waals surface area contributed by atoms with Crippen molar-refractivity contribution in [3.05, 3.63) is 11.8 Å². The Morgan fingerprint density at radius 2 is 2.00 bits per heavy atom. The third kappa shape index (κ3) is 3.57. The van der Waals surface area contributed by atoms with Crippen LogP contribution in [-0.4, -0.2) is 40.2 Å². The molecule has 0 bridgehead atoms. The van der Waals surface area contributed by atoms with Crippen molar-refractivity contribution in [1.29, 1.82) is 0 Å². The minimum atomic E-state index is 0.0555. The van der Waals surface area contributed by atoms with Crippen molar-refractivity contribution in [1.82, 2.24) is 14.7 Å². The van der Waals surface area contributed by atoms with Gasteiger partial charge in [0.25, 0.3) is 0 Å². The van der Waals surface area contributed by atoms with E-state index >= 15 is 0 Å². The molecular weight excluding hydrogens is 228 g/mol. The zero-order valence-corrected chi connectivity index (χ0v) is 11.3. The predicted octanol–water partition coefficient (Wildman–Crippen LogP) is 1.54. The summed E-state index contributed by atoms with van der Waals surface area (Å²) in [6.07, 6.45) is 4.99. The lowest BCUT2D eigenvalue weighted by molar-refractivity contribution is -0.117. The highest BCUT2D eigenvalue weighted by molar-refractivity contribution is 5.91. The van der Waals surface area contributed by atoms with E-state index < -0.39 is 0 Å². The summed E-state index contributed by atoms with van der Waals surface area (Å²) < 4.78 is 1.70. The summed E-state index contributed by atoms with van der Waals surface area (Å²) in [7, 11) is 1.84. The second kappa shape index (κ2) is 6.00. The van der Waals surface area contributed by atoms with Crippen molar-refractivity contribution in [3.63, 3.8) is 0 Å². The quantitative estimate of drug-likeness (QED) is 0.885. The molecule has 0 radical (unpaired) electrons. The Hall–Kier alpha value is -1.36. The lowest BCUT2D eigenvalue weighted by atomic mass is 10.2. The number of carbonyl (C=O) groups excluding carboxylic acids is 1. The first kappa shape index (κ1) is 13.1. The number of nitrogens with zero attached hydrogens (tertiary/aromatic N) is 3. The average molecular weight is 250 g/mol. The molecular formula is C13H22N4O. The molecule has 5 heteroatoms. The molecule has 0 spiro atoms. The van der Waals surface area contributed by atoms with Crippen LogP contribution in [0.15, 0.2) is 6.07 Å². The number of nitrogens with one attached hydrogen (secondary N) is 1. The fraction of sp³-hybridized carbons (Fsp3) is 0.692. The number of aromatic nitrogens is 2. The van der Waals surface area contributed by atoms with Gasteiger partial charge in [0.15, 0.2) is 0 Å². The Morgan fingerprint density at radius 3 is 2.56 bits per heavy atom. The smallest absolute Gasteiger partial charge is 0.239 e. The van der Waals surface area contributed by atoms with Gasteiger partial charge in [-0.1, -0.05) is 12.8 Å². The topological polar surface area (TPSA) is 50.2 Å². The second-order valence-corrected chi connectivity index (χ2v) is 5.03. The molecule has 1 aliphatic rings. The van der Waals surface area contributed by atoms with E-state index in [1.807, 2.05) is 20.0 Å².